The Balaban J connectivity index is 1.76. The van der Waals surface area contributed by atoms with Crippen LogP contribution in [0.25, 0.3) is 0 Å². The molecule has 0 aliphatic carbocycles. The lowest BCUT2D eigenvalue weighted by atomic mass is 10.1. The van der Waals surface area contributed by atoms with Crippen molar-refractivity contribution in [2.75, 3.05) is 16.7 Å². The maximum Gasteiger partial charge on any atom is 0.256 e. The van der Waals surface area contributed by atoms with Crippen molar-refractivity contribution in [1.29, 1.82) is 0 Å². The number of benzene rings is 3. The van der Waals surface area contributed by atoms with Crippen LogP contribution in [0.3, 0.4) is 0 Å². The van der Waals surface area contributed by atoms with Crippen molar-refractivity contribution in [2.45, 2.75) is 4.90 Å². The highest BCUT2D eigenvalue weighted by Crippen LogP contribution is 2.30. The summed E-state index contributed by atoms with van der Waals surface area (Å²) in [6, 6.07) is 23.8. The molecular weight excluding hydrogens is 358 g/mol. The van der Waals surface area contributed by atoms with Crippen molar-refractivity contribution in [1.82, 2.24) is 0 Å². The monoisotopic (exact) mass is 377 g/mol. The smallest absolute Gasteiger partial charge is 0.256 e. The number of nitrogens with zero attached hydrogens (tertiary/aromatic N) is 1. The van der Waals surface area contributed by atoms with Gasteiger partial charge in [0.15, 0.2) is 0 Å². The summed E-state index contributed by atoms with van der Waals surface area (Å²) < 4.78 is 2.01. The Labute approximate surface area is 162 Å². The van der Waals surface area contributed by atoms with Crippen LogP contribution in [-0.2, 0) is 0 Å². The molecule has 5 nitrogen and oxygen atoms in total. The Kier molecular flexibility index (Phi) is 5.78. The molecule has 0 heterocycles. The van der Waals surface area contributed by atoms with Gasteiger partial charge in [-0.25, -0.2) is 0 Å². The fraction of sp³-hybridized carbons (Fsp3) is 0.0476. The zero-order valence-corrected chi connectivity index (χ0v) is 15.6. The lowest BCUT2D eigenvalue weighted by Crippen LogP contribution is -2.15. The molecule has 3 rings (SSSR count). The van der Waals surface area contributed by atoms with Gasteiger partial charge in [0.1, 0.15) is 0 Å². The van der Waals surface area contributed by atoms with Crippen LogP contribution < -0.4 is 15.4 Å². The van der Waals surface area contributed by atoms with E-state index >= 15 is 0 Å². The van der Waals surface area contributed by atoms with Gasteiger partial charge in [-0.2, -0.15) is 0 Å². The fourth-order valence-corrected chi connectivity index (χ4v) is 3.41. The normalized spacial score (nSPS) is 10.3. The minimum Gasteiger partial charge on any atom is -0.366 e. The second kappa shape index (κ2) is 8.42. The van der Waals surface area contributed by atoms with E-state index in [1.807, 2.05) is 59.9 Å². The Morgan fingerprint density at radius 1 is 0.889 bits per heavy atom. The minimum atomic E-state index is -0.501. The molecule has 136 valence electrons. The van der Waals surface area contributed by atoms with Crippen LogP contribution in [-0.4, -0.2) is 18.9 Å². The van der Waals surface area contributed by atoms with Gasteiger partial charge in [0, 0.05) is 28.9 Å². The number of hydrogen-bond acceptors (Lipinski definition) is 4. The van der Waals surface area contributed by atoms with Crippen LogP contribution in [0, 0.1) is 0 Å². The van der Waals surface area contributed by atoms with Crippen LogP contribution in [0.1, 0.15) is 20.7 Å². The van der Waals surface area contributed by atoms with Gasteiger partial charge in [0.25, 0.3) is 5.91 Å². The van der Waals surface area contributed by atoms with Crippen LogP contribution in [0.2, 0.25) is 0 Å². The van der Waals surface area contributed by atoms with Gasteiger partial charge in [-0.15, -0.1) is 0 Å². The topological polar surface area (TPSA) is 75.4 Å². The van der Waals surface area contributed by atoms with Gasteiger partial charge in [-0.05, 0) is 60.5 Å². The molecule has 0 atom stereocenters. The quantitative estimate of drug-likeness (QED) is 0.632. The largest absolute Gasteiger partial charge is 0.366 e. The molecule has 6 heteroatoms. The lowest BCUT2D eigenvalue weighted by molar-refractivity contribution is 0.0998. The zero-order valence-electron chi connectivity index (χ0n) is 14.8. The first-order chi connectivity index (χ1) is 13.0. The standard InChI is InChI=1S/C21H19N3O2S/c1-24(17-7-3-2-4-8-17)27-19-10-6-5-9-18(19)21(26)23-16-13-11-15(12-14-16)20(22)25/h2-14H,1H3,(H2,22,25)(H,23,26). The number of hydrogen-bond donors (Lipinski definition) is 2. The highest BCUT2D eigenvalue weighted by Gasteiger charge is 2.14. The molecule has 0 aliphatic heterocycles. The number of carbonyl (C=O) groups excluding carboxylic acids is 2. The van der Waals surface area contributed by atoms with Crippen LogP contribution in [0.5, 0.6) is 0 Å². The van der Waals surface area contributed by atoms with E-state index < -0.39 is 5.91 Å². The first-order valence-electron chi connectivity index (χ1n) is 8.31. The molecule has 27 heavy (non-hydrogen) atoms. The molecule has 0 radical (unpaired) electrons. The number of primary amides is 1. The molecule has 0 saturated heterocycles. The minimum absolute atomic E-state index is 0.216. The number of nitrogens with two attached hydrogens (primary N) is 1. The van der Waals surface area contributed by atoms with E-state index in [-0.39, 0.29) is 5.91 Å². The Morgan fingerprint density at radius 2 is 1.52 bits per heavy atom. The van der Waals surface area contributed by atoms with E-state index in [1.165, 1.54) is 11.9 Å². The van der Waals surface area contributed by atoms with Crippen LogP contribution in [0.4, 0.5) is 11.4 Å². The highest BCUT2D eigenvalue weighted by molar-refractivity contribution is 8.00. The van der Waals surface area contributed by atoms with E-state index in [1.54, 1.807) is 30.3 Å². The third-order valence-electron chi connectivity index (χ3n) is 3.91. The molecule has 3 aromatic rings. The summed E-state index contributed by atoms with van der Waals surface area (Å²) in [6.45, 7) is 0. The molecular formula is C21H19N3O2S. The second-order valence-electron chi connectivity index (χ2n) is 5.82. The molecule has 0 saturated carbocycles. The molecule has 0 bridgehead atoms. The van der Waals surface area contributed by atoms with Crippen molar-refractivity contribution in [3.63, 3.8) is 0 Å². The molecule has 3 N–H and O–H groups in total. The summed E-state index contributed by atoms with van der Waals surface area (Å²) in [6.07, 6.45) is 0. The summed E-state index contributed by atoms with van der Waals surface area (Å²) in [5.41, 5.74) is 7.85. The van der Waals surface area contributed by atoms with Gasteiger partial charge in [0.05, 0.1) is 5.56 Å². The number of carbonyl (C=O) groups is 2. The number of para-hydroxylation sites is 1. The molecule has 0 unspecified atom stereocenters. The van der Waals surface area contributed by atoms with Crippen LogP contribution >= 0.6 is 11.9 Å². The van der Waals surface area contributed by atoms with Gasteiger partial charge >= 0.3 is 0 Å². The number of nitrogens with one attached hydrogen (secondary N) is 1. The molecule has 0 fully saturated rings. The molecule has 3 aromatic carbocycles. The second-order valence-corrected chi connectivity index (χ2v) is 6.99. The van der Waals surface area contributed by atoms with Crippen molar-refractivity contribution in [3.8, 4) is 0 Å². The van der Waals surface area contributed by atoms with E-state index in [0.29, 0.717) is 16.8 Å². The van der Waals surface area contributed by atoms with Gasteiger partial charge in [-0.1, -0.05) is 30.3 Å². The summed E-state index contributed by atoms with van der Waals surface area (Å²) in [4.78, 5) is 24.7. The SMILES string of the molecule is CN(Sc1ccccc1C(=O)Nc1ccc(C(N)=O)cc1)c1ccccc1. The van der Waals surface area contributed by atoms with Gasteiger partial charge < -0.3 is 15.4 Å². The highest BCUT2D eigenvalue weighted by atomic mass is 32.2. The summed E-state index contributed by atoms with van der Waals surface area (Å²) >= 11 is 1.48. The number of anilines is 2. The zero-order chi connectivity index (χ0) is 19.2. The number of rotatable bonds is 6. The van der Waals surface area contributed by atoms with E-state index in [4.69, 9.17) is 5.73 Å². The van der Waals surface area contributed by atoms with E-state index in [9.17, 15) is 9.59 Å². The number of amides is 2. The van der Waals surface area contributed by atoms with Crippen molar-refractivity contribution in [2.24, 2.45) is 5.73 Å². The predicted molar refractivity (Wildman–Crippen MR) is 110 cm³/mol. The molecule has 2 amide bonds. The summed E-state index contributed by atoms with van der Waals surface area (Å²) in [7, 11) is 1.96. The maximum absolute atomic E-state index is 12.7. The average molecular weight is 377 g/mol. The molecule has 0 spiro atoms. The maximum atomic E-state index is 12.7. The van der Waals surface area contributed by atoms with Crippen LogP contribution in [0.15, 0.2) is 83.8 Å². The first kappa shape index (κ1) is 18.5. The molecule has 0 aliphatic rings. The van der Waals surface area contributed by atoms with Crippen molar-refractivity contribution < 1.29 is 9.59 Å². The Morgan fingerprint density at radius 3 is 2.19 bits per heavy atom. The summed E-state index contributed by atoms with van der Waals surface area (Å²) in [5, 5.41) is 2.85. The fourth-order valence-electron chi connectivity index (χ4n) is 2.49. The average Bonchev–Trinajstić information content (AvgIpc) is 2.69. The van der Waals surface area contributed by atoms with Crippen molar-refractivity contribution in [3.05, 3.63) is 90.0 Å². The molecule has 0 aromatic heterocycles. The Hall–Kier alpha value is -3.25. The van der Waals surface area contributed by atoms with Crippen molar-refractivity contribution >= 4 is 35.1 Å². The van der Waals surface area contributed by atoms with E-state index in [2.05, 4.69) is 5.32 Å². The first-order valence-corrected chi connectivity index (χ1v) is 9.09. The Bertz CT molecular complexity index is 943. The summed E-state index contributed by atoms with van der Waals surface area (Å²) in [5.74, 6) is -0.718. The van der Waals surface area contributed by atoms with E-state index in [0.717, 1.165) is 10.6 Å². The predicted octanol–water partition coefficient (Wildman–Crippen LogP) is 4.18. The van der Waals surface area contributed by atoms with Gasteiger partial charge in [0.2, 0.25) is 5.91 Å². The third kappa shape index (κ3) is 4.68. The van der Waals surface area contributed by atoms with Gasteiger partial charge in [-0.3, -0.25) is 9.59 Å². The third-order valence-corrected chi connectivity index (χ3v) is 4.95. The lowest BCUT2D eigenvalue weighted by Gasteiger charge is -2.19.